The first-order chi connectivity index (χ1) is 5.36. The van der Waals surface area contributed by atoms with Gasteiger partial charge >= 0.3 is 0 Å². The van der Waals surface area contributed by atoms with Gasteiger partial charge < -0.3 is 14.3 Å². The van der Waals surface area contributed by atoms with E-state index < -0.39 is 0 Å². The van der Waals surface area contributed by atoms with Crippen molar-refractivity contribution in [2.75, 3.05) is 13.7 Å². The summed E-state index contributed by atoms with van der Waals surface area (Å²) >= 11 is 0. The van der Waals surface area contributed by atoms with Gasteiger partial charge in [-0.15, -0.1) is 0 Å². The molecule has 11 heavy (non-hydrogen) atoms. The van der Waals surface area contributed by atoms with Crippen molar-refractivity contribution < 1.29 is 14.3 Å². The van der Waals surface area contributed by atoms with Gasteiger partial charge in [0.05, 0.1) is 12.8 Å². The number of nitrogens with zero attached hydrogens (tertiary/aromatic N) is 1. The Morgan fingerprint density at radius 3 is 3.09 bits per heavy atom. The zero-order valence-electron chi connectivity index (χ0n) is 6.41. The standard InChI is InChI=1S/C7H11NO3/c1-10-3-2-7-8-4-6(5-9)11-7/h4,9H,2-3,5H2,1H3. The van der Waals surface area contributed by atoms with Crippen molar-refractivity contribution in [2.24, 2.45) is 0 Å². The summed E-state index contributed by atoms with van der Waals surface area (Å²) < 4.78 is 9.92. The third kappa shape index (κ3) is 2.32. The smallest absolute Gasteiger partial charge is 0.196 e. The van der Waals surface area contributed by atoms with Crippen molar-refractivity contribution in [3.05, 3.63) is 17.8 Å². The molecule has 0 aliphatic carbocycles. The number of aromatic nitrogens is 1. The fraction of sp³-hybridized carbons (Fsp3) is 0.571. The lowest BCUT2D eigenvalue weighted by Crippen LogP contribution is -1.93. The molecule has 4 nitrogen and oxygen atoms in total. The Kier molecular flexibility index (Phi) is 3.07. The molecule has 0 spiro atoms. The number of hydrogen-bond donors (Lipinski definition) is 1. The lowest BCUT2D eigenvalue weighted by Gasteiger charge is -1.92. The predicted octanol–water partition coefficient (Wildman–Crippen LogP) is 0.356. The highest BCUT2D eigenvalue weighted by molar-refractivity contribution is 4.92. The first-order valence-corrected chi connectivity index (χ1v) is 3.40. The van der Waals surface area contributed by atoms with Gasteiger partial charge in [-0.1, -0.05) is 0 Å². The fourth-order valence-electron chi connectivity index (χ4n) is 0.726. The second-order valence-corrected chi connectivity index (χ2v) is 2.12. The molecule has 0 amide bonds. The lowest BCUT2D eigenvalue weighted by molar-refractivity contribution is 0.191. The maximum Gasteiger partial charge on any atom is 0.196 e. The summed E-state index contributed by atoms with van der Waals surface area (Å²) in [5.74, 6) is 1.10. The highest BCUT2D eigenvalue weighted by Gasteiger charge is 2.00. The summed E-state index contributed by atoms with van der Waals surface area (Å²) in [7, 11) is 1.62. The van der Waals surface area contributed by atoms with Crippen molar-refractivity contribution in [3.8, 4) is 0 Å². The van der Waals surface area contributed by atoms with E-state index in [4.69, 9.17) is 14.3 Å². The number of ether oxygens (including phenoxy) is 1. The van der Waals surface area contributed by atoms with E-state index >= 15 is 0 Å². The zero-order valence-corrected chi connectivity index (χ0v) is 6.41. The van der Waals surface area contributed by atoms with Crippen LogP contribution in [0.3, 0.4) is 0 Å². The molecule has 0 aromatic carbocycles. The number of aliphatic hydroxyl groups is 1. The van der Waals surface area contributed by atoms with Crippen LogP contribution in [0.5, 0.6) is 0 Å². The lowest BCUT2D eigenvalue weighted by atomic mass is 10.5. The normalized spacial score (nSPS) is 10.4. The summed E-state index contributed by atoms with van der Waals surface area (Å²) in [6, 6.07) is 0. The average molecular weight is 157 g/mol. The van der Waals surface area contributed by atoms with Crippen LogP contribution in [0.4, 0.5) is 0 Å². The molecule has 1 N–H and O–H groups in total. The van der Waals surface area contributed by atoms with E-state index in [-0.39, 0.29) is 6.61 Å². The van der Waals surface area contributed by atoms with E-state index in [9.17, 15) is 0 Å². The maximum atomic E-state index is 8.61. The molecule has 62 valence electrons. The molecule has 0 radical (unpaired) electrons. The predicted molar refractivity (Wildman–Crippen MR) is 38.0 cm³/mol. The van der Waals surface area contributed by atoms with Crippen LogP contribution < -0.4 is 0 Å². The highest BCUT2D eigenvalue weighted by atomic mass is 16.5. The second-order valence-electron chi connectivity index (χ2n) is 2.12. The van der Waals surface area contributed by atoms with Crippen molar-refractivity contribution in [1.29, 1.82) is 0 Å². The molecule has 1 heterocycles. The van der Waals surface area contributed by atoms with Crippen LogP contribution in [0, 0.1) is 0 Å². The minimum atomic E-state index is -0.0972. The second kappa shape index (κ2) is 4.10. The Labute approximate surface area is 64.8 Å². The van der Waals surface area contributed by atoms with Gasteiger partial charge in [0.2, 0.25) is 0 Å². The molecule has 0 saturated carbocycles. The molecule has 0 aliphatic rings. The topological polar surface area (TPSA) is 55.5 Å². The number of oxazole rings is 1. The van der Waals surface area contributed by atoms with E-state index in [1.807, 2.05) is 0 Å². The SMILES string of the molecule is COCCc1ncc(CO)o1. The monoisotopic (exact) mass is 157 g/mol. The van der Waals surface area contributed by atoms with E-state index in [2.05, 4.69) is 4.98 Å². The Bertz CT molecular complexity index is 209. The van der Waals surface area contributed by atoms with Crippen LogP contribution in [0.1, 0.15) is 11.7 Å². The Hall–Kier alpha value is -0.870. The average Bonchev–Trinajstić information content (AvgIpc) is 2.48. The van der Waals surface area contributed by atoms with Crippen LogP contribution in [0.2, 0.25) is 0 Å². The number of methoxy groups -OCH3 is 1. The quantitative estimate of drug-likeness (QED) is 0.685. The molecule has 1 rings (SSSR count). The minimum absolute atomic E-state index is 0.0972. The summed E-state index contributed by atoms with van der Waals surface area (Å²) in [4.78, 5) is 3.92. The summed E-state index contributed by atoms with van der Waals surface area (Å²) in [6.07, 6.45) is 2.17. The largest absolute Gasteiger partial charge is 0.443 e. The molecule has 0 aliphatic heterocycles. The van der Waals surface area contributed by atoms with E-state index in [1.54, 1.807) is 7.11 Å². The van der Waals surface area contributed by atoms with E-state index in [1.165, 1.54) is 6.20 Å². The molecule has 0 atom stereocenters. The molecule has 4 heteroatoms. The van der Waals surface area contributed by atoms with Gasteiger partial charge in [0.1, 0.15) is 12.4 Å². The molecule has 1 aromatic heterocycles. The Morgan fingerprint density at radius 1 is 1.73 bits per heavy atom. The molecule has 1 aromatic rings. The third-order valence-electron chi connectivity index (χ3n) is 1.28. The van der Waals surface area contributed by atoms with Crippen LogP contribution >= 0.6 is 0 Å². The molecule has 0 saturated heterocycles. The van der Waals surface area contributed by atoms with Crippen molar-refractivity contribution in [1.82, 2.24) is 4.98 Å². The fourth-order valence-corrected chi connectivity index (χ4v) is 0.726. The molecule has 0 bridgehead atoms. The highest BCUT2D eigenvalue weighted by Crippen LogP contribution is 2.03. The zero-order chi connectivity index (χ0) is 8.10. The summed E-state index contributed by atoms with van der Waals surface area (Å²) in [5.41, 5.74) is 0. The van der Waals surface area contributed by atoms with Crippen LogP contribution in [-0.4, -0.2) is 23.8 Å². The van der Waals surface area contributed by atoms with Crippen LogP contribution in [0.25, 0.3) is 0 Å². The van der Waals surface area contributed by atoms with E-state index in [0.29, 0.717) is 24.7 Å². The summed E-state index contributed by atoms with van der Waals surface area (Å²) in [6.45, 7) is 0.491. The van der Waals surface area contributed by atoms with Crippen molar-refractivity contribution >= 4 is 0 Å². The van der Waals surface area contributed by atoms with Crippen LogP contribution in [-0.2, 0) is 17.8 Å². The summed E-state index contributed by atoms with van der Waals surface area (Å²) in [5, 5.41) is 8.61. The molecular weight excluding hydrogens is 146 g/mol. The Balaban J connectivity index is 2.44. The van der Waals surface area contributed by atoms with Gasteiger partial charge in [-0.05, 0) is 0 Å². The minimum Gasteiger partial charge on any atom is -0.443 e. The first kappa shape index (κ1) is 8.23. The molecular formula is C7H11NO3. The van der Waals surface area contributed by atoms with Crippen molar-refractivity contribution in [2.45, 2.75) is 13.0 Å². The van der Waals surface area contributed by atoms with Gasteiger partial charge in [-0.25, -0.2) is 4.98 Å². The van der Waals surface area contributed by atoms with Gasteiger partial charge in [0, 0.05) is 13.5 Å². The molecule has 0 fully saturated rings. The van der Waals surface area contributed by atoms with E-state index in [0.717, 1.165) is 0 Å². The van der Waals surface area contributed by atoms with Crippen LogP contribution in [0.15, 0.2) is 10.6 Å². The molecule has 0 unspecified atom stereocenters. The van der Waals surface area contributed by atoms with Crippen molar-refractivity contribution in [3.63, 3.8) is 0 Å². The van der Waals surface area contributed by atoms with Gasteiger partial charge in [-0.2, -0.15) is 0 Å². The first-order valence-electron chi connectivity index (χ1n) is 3.40. The van der Waals surface area contributed by atoms with Gasteiger partial charge in [-0.3, -0.25) is 0 Å². The number of hydrogen-bond acceptors (Lipinski definition) is 4. The maximum absolute atomic E-state index is 8.61. The third-order valence-corrected chi connectivity index (χ3v) is 1.28. The number of rotatable bonds is 4. The number of aliphatic hydroxyl groups excluding tert-OH is 1. The van der Waals surface area contributed by atoms with Gasteiger partial charge in [0.15, 0.2) is 5.89 Å². The van der Waals surface area contributed by atoms with Gasteiger partial charge in [0.25, 0.3) is 0 Å². The Morgan fingerprint density at radius 2 is 2.55 bits per heavy atom.